The van der Waals surface area contributed by atoms with Crippen molar-refractivity contribution in [2.75, 3.05) is 11.9 Å². The van der Waals surface area contributed by atoms with Crippen LogP contribution in [0, 0.1) is 3.57 Å². The van der Waals surface area contributed by atoms with Crippen molar-refractivity contribution in [2.45, 2.75) is 26.7 Å². The molecule has 6 heteroatoms. The van der Waals surface area contributed by atoms with Crippen LogP contribution >= 0.6 is 22.6 Å². The van der Waals surface area contributed by atoms with Crippen LogP contribution in [0.25, 0.3) is 5.82 Å². The van der Waals surface area contributed by atoms with Crippen molar-refractivity contribution in [3.05, 3.63) is 27.9 Å². The monoisotopic (exact) mass is 357 g/mol. The molecule has 0 saturated carbocycles. The number of anilines is 1. The van der Waals surface area contributed by atoms with Crippen LogP contribution in [-0.4, -0.2) is 26.3 Å². The van der Waals surface area contributed by atoms with E-state index in [2.05, 4.69) is 56.8 Å². The topological polar surface area (TPSA) is 55.6 Å². The second-order valence-corrected chi connectivity index (χ2v) is 5.15. The summed E-state index contributed by atoms with van der Waals surface area (Å²) in [6.45, 7) is 5.07. The van der Waals surface area contributed by atoms with Crippen LogP contribution < -0.4 is 5.32 Å². The summed E-state index contributed by atoms with van der Waals surface area (Å²) in [5.74, 6) is 1.78. The van der Waals surface area contributed by atoms with Crippen LogP contribution in [0.4, 0.5) is 5.82 Å². The van der Waals surface area contributed by atoms with Crippen LogP contribution in [0.5, 0.6) is 0 Å². The second kappa shape index (κ2) is 6.12. The SMILES string of the molecule is CCCc1c(NCC)ncnc1-n1cc(I)cn1. The number of halogens is 1. The van der Waals surface area contributed by atoms with Gasteiger partial charge in [0.05, 0.1) is 9.77 Å². The molecule has 0 bridgehead atoms. The van der Waals surface area contributed by atoms with Gasteiger partial charge in [-0.1, -0.05) is 13.3 Å². The number of aromatic nitrogens is 4. The molecule has 1 N–H and O–H groups in total. The molecule has 0 fully saturated rings. The molecule has 0 unspecified atom stereocenters. The standard InChI is InChI=1S/C12H16IN5/c1-3-5-10-11(14-4-2)15-8-16-12(10)18-7-9(13)6-17-18/h6-8H,3-5H2,1-2H3,(H,14,15,16). The number of rotatable bonds is 5. The maximum absolute atomic E-state index is 4.37. The van der Waals surface area contributed by atoms with E-state index in [-0.39, 0.29) is 0 Å². The van der Waals surface area contributed by atoms with E-state index in [0.29, 0.717) is 0 Å². The molecule has 0 amide bonds. The van der Waals surface area contributed by atoms with Gasteiger partial charge >= 0.3 is 0 Å². The van der Waals surface area contributed by atoms with Gasteiger partial charge in [-0.05, 0) is 35.9 Å². The highest BCUT2D eigenvalue weighted by atomic mass is 127. The van der Waals surface area contributed by atoms with Gasteiger partial charge in [-0.3, -0.25) is 0 Å². The highest BCUT2D eigenvalue weighted by Crippen LogP contribution is 2.20. The molecule has 0 aromatic carbocycles. The van der Waals surface area contributed by atoms with E-state index in [4.69, 9.17) is 0 Å². The molecule has 0 aliphatic carbocycles. The molecule has 5 nitrogen and oxygen atoms in total. The van der Waals surface area contributed by atoms with E-state index in [1.54, 1.807) is 6.33 Å². The lowest BCUT2D eigenvalue weighted by Gasteiger charge is -2.12. The van der Waals surface area contributed by atoms with Crippen molar-refractivity contribution >= 4 is 28.4 Å². The lowest BCUT2D eigenvalue weighted by atomic mass is 10.1. The largest absolute Gasteiger partial charge is 0.370 e. The Balaban J connectivity index is 2.48. The Bertz CT molecular complexity index is 523. The van der Waals surface area contributed by atoms with Crippen molar-refractivity contribution < 1.29 is 0 Å². The molecule has 0 atom stereocenters. The number of hydrogen-bond acceptors (Lipinski definition) is 4. The van der Waals surface area contributed by atoms with Gasteiger partial charge in [-0.2, -0.15) is 5.10 Å². The zero-order valence-corrected chi connectivity index (χ0v) is 12.7. The fourth-order valence-corrected chi connectivity index (χ4v) is 2.21. The first-order valence-corrected chi connectivity index (χ1v) is 7.12. The zero-order valence-electron chi connectivity index (χ0n) is 10.5. The number of nitrogens with zero attached hydrogens (tertiary/aromatic N) is 4. The predicted molar refractivity (Wildman–Crippen MR) is 80.0 cm³/mol. The summed E-state index contributed by atoms with van der Waals surface area (Å²) in [5.41, 5.74) is 1.13. The minimum atomic E-state index is 0.851. The molecule has 0 spiro atoms. The van der Waals surface area contributed by atoms with Crippen LogP contribution in [0.15, 0.2) is 18.7 Å². The first-order valence-electron chi connectivity index (χ1n) is 6.04. The maximum atomic E-state index is 4.37. The van der Waals surface area contributed by atoms with Gasteiger partial charge in [0, 0.05) is 18.3 Å². The third kappa shape index (κ3) is 2.80. The van der Waals surface area contributed by atoms with Gasteiger partial charge in [0.1, 0.15) is 12.1 Å². The summed E-state index contributed by atoms with van der Waals surface area (Å²) >= 11 is 2.24. The zero-order chi connectivity index (χ0) is 13.0. The Kier molecular flexibility index (Phi) is 4.51. The molecule has 0 radical (unpaired) electrons. The lowest BCUT2D eigenvalue weighted by molar-refractivity contribution is 0.799. The van der Waals surface area contributed by atoms with E-state index in [1.165, 1.54) is 0 Å². The van der Waals surface area contributed by atoms with Crippen LogP contribution in [0.2, 0.25) is 0 Å². The quantitative estimate of drug-likeness (QED) is 0.836. The smallest absolute Gasteiger partial charge is 0.162 e. The summed E-state index contributed by atoms with van der Waals surface area (Å²) in [4.78, 5) is 8.68. The number of nitrogens with one attached hydrogen (secondary N) is 1. The third-order valence-electron chi connectivity index (χ3n) is 2.53. The van der Waals surface area contributed by atoms with E-state index in [0.717, 1.165) is 40.2 Å². The Morgan fingerprint density at radius 3 is 2.78 bits per heavy atom. The highest BCUT2D eigenvalue weighted by Gasteiger charge is 2.12. The summed E-state index contributed by atoms with van der Waals surface area (Å²) in [6, 6.07) is 0. The fourth-order valence-electron chi connectivity index (χ4n) is 1.82. The number of hydrogen-bond donors (Lipinski definition) is 1. The van der Waals surface area contributed by atoms with Gasteiger partial charge < -0.3 is 5.32 Å². The van der Waals surface area contributed by atoms with Gasteiger partial charge in [0.25, 0.3) is 0 Å². The highest BCUT2D eigenvalue weighted by molar-refractivity contribution is 14.1. The van der Waals surface area contributed by atoms with Gasteiger partial charge in [-0.25, -0.2) is 14.6 Å². The van der Waals surface area contributed by atoms with Crippen molar-refractivity contribution in [3.8, 4) is 5.82 Å². The Hall–Kier alpha value is -1.18. The van der Waals surface area contributed by atoms with Crippen molar-refractivity contribution in [1.29, 1.82) is 0 Å². The van der Waals surface area contributed by atoms with Crippen LogP contribution in [0.1, 0.15) is 25.8 Å². The average Bonchev–Trinajstić information content (AvgIpc) is 2.78. The molecule has 96 valence electrons. The molecular weight excluding hydrogens is 341 g/mol. The molecule has 2 aromatic rings. The summed E-state index contributed by atoms with van der Waals surface area (Å²) in [6.07, 6.45) is 7.37. The lowest BCUT2D eigenvalue weighted by Crippen LogP contribution is -2.10. The van der Waals surface area contributed by atoms with Crippen molar-refractivity contribution in [2.24, 2.45) is 0 Å². The Morgan fingerprint density at radius 1 is 1.33 bits per heavy atom. The van der Waals surface area contributed by atoms with E-state index in [1.807, 2.05) is 17.1 Å². The molecule has 18 heavy (non-hydrogen) atoms. The van der Waals surface area contributed by atoms with E-state index >= 15 is 0 Å². The van der Waals surface area contributed by atoms with E-state index < -0.39 is 0 Å². The first kappa shape index (κ1) is 13.3. The minimum absolute atomic E-state index is 0.851. The van der Waals surface area contributed by atoms with Gasteiger partial charge in [-0.15, -0.1) is 0 Å². The normalized spacial score (nSPS) is 10.6. The fraction of sp³-hybridized carbons (Fsp3) is 0.417. The molecule has 0 aliphatic heterocycles. The van der Waals surface area contributed by atoms with Gasteiger partial charge in [0.2, 0.25) is 0 Å². The minimum Gasteiger partial charge on any atom is -0.370 e. The summed E-state index contributed by atoms with van der Waals surface area (Å²) in [7, 11) is 0. The molecular formula is C12H16IN5. The predicted octanol–water partition coefficient (Wildman–Crippen LogP) is 2.65. The summed E-state index contributed by atoms with van der Waals surface area (Å²) in [5, 5.41) is 7.61. The average molecular weight is 357 g/mol. The Morgan fingerprint density at radius 2 is 2.17 bits per heavy atom. The Labute approximate surface area is 120 Å². The van der Waals surface area contributed by atoms with Crippen LogP contribution in [-0.2, 0) is 6.42 Å². The van der Waals surface area contributed by atoms with Crippen molar-refractivity contribution in [3.63, 3.8) is 0 Å². The van der Waals surface area contributed by atoms with Crippen LogP contribution in [0.3, 0.4) is 0 Å². The van der Waals surface area contributed by atoms with Crippen molar-refractivity contribution in [1.82, 2.24) is 19.7 Å². The van der Waals surface area contributed by atoms with Gasteiger partial charge in [0.15, 0.2) is 5.82 Å². The maximum Gasteiger partial charge on any atom is 0.162 e. The molecule has 2 aromatic heterocycles. The molecule has 2 heterocycles. The molecule has 2 rings (SSSR count). The van der Waals surface area contributed by atoms with E-state index in [9.17, 15) is 0 Å². The first-order chi connectivity index (χ1) is 8.76. The second-order valence-electron chi connectivity index (χ2n) is 3.91. The summed E-state index contributed by atoms with van der Waals surface area (Å²) < 4.78 is 2.91. The molecule has 0 saturated heterocycles. The molecule has 0 aliphatic rings. The third-order valence-corrected chi connectivity index (χ3v) is 3.09.